The Morgan fingerprint density at radius 3 is 2.57 bits per heavy atom. The number of rotatable bonds is 5. The van der Waals surface area contributed by atoms with E-state index >= 15 is 0 Å². The van der Waals surface area contributed by atoms with E-state index in [2.05, 4.69) is 10.1 Å². The highest BCUT2D eigenvalue weighted by molar-refractivity contribution is 5.44. The Morgan fingerprint density at radius 1 is 1.29 bits per heavy atom. The molecular formula is C15H19N3O3. The molecule has 0 saturated carbocycles. The highest BCUT2D eigenvalue weighted by Crippen LogP contribution is 2.23. The maximum Gasteiger partial charge on any atom is 0.272 e. The molecule has 1 heterocycles. The van der Waals surface area contributed by atoms with Crippen LogP contribution in [0.4, 0.5) is 5.69 Å². The lowest BCUT2D eigenvalue weighted by molar-refractivity contribution is -0.385. The molecular weight excluding hydrogens is 270 g/mol. The number of aromatic nitrogens is 1. The van der Waals surface area contributed by atoms with Crippen LogP contribution in [0.2, 0.25) is 0 Å². The molecule has 0 aliphatic heterocycles. The molecule has 0 saturated heterocycles. The first kappa shape index (κ1) is 15.2. The monoisotopic (exact) mass is 289 g/mol. The summed E-state index contributed by atoms with van der Waals surface area (Å²) < 4.78 is 5.15. The zero-order valence-electron chi connectivity index (χ0n) is 12.7. The molecule has 0 unspecified atom stereocenters. The van der Waals surface area contributed by atoms with Gasteiger partial charge in [-0.2, -0.15) is 0 Å². The van der Waals surface area contributed by atoms with Crippen LogP contribution in [-0.4, -0.2) is 22.0 Å². The van der Waals surface area contributed by atoms with E-state index < -0.39 is 0 Å². The molecule has 0 spiro atoms. The normalized spacial score (nSPS) is 11.1. The molecule has 0 N–H and O–H groups in total. The summed E-state index contributed by atoms with van der Waals surface area (Å²) in [6.07, 6.45) is 0. The second kappa shape index (κ2) is 6.05. The topological polar surface area (TPSA) is 72.4 Å². The van der Waals surface area contributed by atoms with Crippen LogP contribution in [-0.2, 0) is 13.1 Å². The van der Waals surface area contributed by atoms with Crippen molar-refractivity contribution in [3.05, 3.63) is 56.5 Å². The van der Waals surface area contributed by atoms with Gasteiger partial charge in [0.2, 0.25) is 0 Å². The Kier molecular flexibility index (Phi) is 4.37. The first-order chi connectivity index (χ1) is 9.90. The van der Waals surface area contributed by atoms with Gasteiger partial charge in [-0.3, -0.25) is 15.0 Å². The predicted molar refractivity (Wildman–Crippen MR) is 79.0 cm³/mol. The summed E-state index contributed by atoms with van der Waals surface area (Å²) in [4.78, 5) is 12.7. The number of nitrogens with zero attached hydrogens (tertiary/aromatic N) is 3. The fourth-order valence-electron chi connectivity index (χ4n) is 2.38. The van der Waals surface area contributed by atoms with Crippen molar-refractivity contribution in [3.8, 4) is 0 Å². The molecule has 0 bridgehead atoms. The lowest BCUT2D eigenvalue weighted by atomic mass is 10.1. The number of aryl methyl sites for hydroxylation is 2. The number of hydrogen-bond donors (Lipinski definition) is 0. The molecule has 0 aliphatic carbocycles. The fraction of sp³-hybridized carbons (Fsp3) is 0.400. The highest BCUT2D eigenvalue weighted by Gasteiger charge is 2.16. The molecule has 0 fully saturated rings. The summed E-state index contributed by atoms with van der Waals surface area (Å²) in [6, 6.07) is 5.18. The van der Waals surface area contributed by atoms with Crippen LogP contribution < -0.4 is 0 Å². The average molecular weight is 289 g/mol. The smallest absolute Gasteiger partial charge is 0.272 e. The maximum absolute atomic E-state index is 11.0. The van der Waals surface area contributed by atoms with Gasteiger partial charge in [-0.1, -0.05) is 17.3 Å². The zero-order valence-corrected chi connectivity index (χ0v) is 12.7. The Bertz CT molecular complexity index is 645. The van der Waals surface area contributed by atoms with E-state index in [-0.39, 0.29) is 10.6 Å². The Balaban J connectivity index is 2.15. The maximum atomic E-state index is 11.0. The third kappa shape index (κ3) is 3.28. The number of benzene rings is 1. The number of nitro benzene ring substituents is 1. The van der Waals surface area contributed by atoms with Crippen LogP contribution in [0.3, 0.4) is 0 Å². The molecule has 112 valence electrons. The van der Waals surface area contributed by atoms with E-state index in [1.54, 1.807) is 13.0 Å². The fourth-order valence-corrected chi connectivity index (χ4v) is 2.38. The minimum atomic E-state index is -0.340. The molecule has 2 rings (SSSR count). The van der Waals surface area contributed by atoms with Crippen molar-refractivity contribution >= 4 is 5.69 Å². The highest BCUT2D eigenvalue weighted by atomic mass is 16.6. The summed E-state index contributed by atoms with van der Waals surface area (Å²) in [5, 5.41) is 14.9. The predicted octanol–water partition coefficient (Wildman–Crippen LogP) is 3.14. The molecule has 1 aromatic carbocycles. The van der Waals surface area contributed by atoms with E-state index in [4.69, 9.17) is 4.52 Å². The first-order valence-corrected chi connectivity index (χ1v) is 6.73. The summed E-state index contributed by atoms with van der Waals surface area (Å²) in [5.41, 5.74) is 3.79. The minimum Gasteiger partial charge on any atom is -0.361 e. The van der Waals surface area contributed by atoms with Crippen LogP contribution >= 0.6 is 0 Å². The van der Waals surface area contributed by atoms with E-state index in [0.29, 0.717) is 18.7 Å². The molecule has 6 heteroatoms. The van der Waals surface area contributed by atoms with E-state index in [0.717, 1.165) is 22.6 Å². The van der Waals surface area contributed by atoms with Crippen LogP contribution in [0.5, 0.6) is 0 Å². The van der Waals surface area contributed by atoms with Crippen LogP contribution in [0, 0.1) is 30.9 Å². The minimum absolute atomic E-state index is 0.165. The largest absolute Gasteiger partial charge is 0.361 e. The van der Waals surface area contributed by atoms with Crippen LogP contribution in [0.25, 0.3) is 0 Å². The van der Waals surface area contributed by atoms with Crippen molar-refractivity contribution in [2.24, 2.45) is 0 Å². The van der Waals surface area contributed by atoms with Gasteiger partial charge in [0.25, 0.3) is 5.69 Å². The summed E-state index contributed by atoms with van der Waals surface area (Å²) in [5.74, 6) is 0.815. The van der Waals surface area contributed by atoms with Crippen LogP contribution in [0.15, 0.2) is 22.7 Å². The van der Waals surface area contributed by atoms with Crippen molar-refractivity contribution in [2.75, 3.05) is 7.05 Å². The van der Waals surface area contributed by atoms with Crippen molar-refractivity contribution in [3.63, 3.8) is 0 Å². The lowest BCUT2D eigenvalue weighted by Crippen LogP contribution is -2.18. The summed E-state index contributed by atoms with van der Waals surface area (Å²) in [7, 11) is 1.98. The molecule has 0 atom stereocenters. The summed E-state index contributed by atoms with van der Waals surface area (Å²) in [6.45, 7) is 6.93. The van der Waals surface area contributed by atoms with Crippen molar-refractivity contribution < 1.29 is 9.45 Å². The van der Waals surface area contributed by atoms with E-state index in [1.165, 1.54) is 6.07 Å². The average Bonchev–Trinajstić information content (AvgIpc) is 2.72. The van der Waals surface area contributed by atoms with Crippen molar-refractivity contribution in [1.29, 1.82) is 0 Å². The Morgan fingerprint density at radius 2 is 2.00 bits per heavy atom. The molecule has 1 aromatic heterocycles. The Labute approximate surface area is 123 Å². The van der Waals surface area contributed by atoms with Gasteiger partial charge in [0.15, 0.2) is 0 Å². The quantitative estimate of drug-likeness (QED) is 0.624. The Hall–Kier alpha value is -2.21. The molecule has 0 radical (unpaired) electrons. The number of hydrogen-bond acceptors (Lipinski definition) is 5. The second-order valence-corrected chi connectivity index (χ2v) is 5.29. The van der Waals surface area contributed by atoms with Crippen LogP contribution in [0.1, 0.15) is 28.1 Å². The van der Waals surface area contributed by atoms with Gasteiger partial charge >= 0.3 is 0 Å². The van der Waals surface area contributed by atoms with Crippen molar-refractivity contribution in [2.45, 2.75) is 33.9 Å². The first-order valence-electron chi connectivity index (χ1n) is 6.73. The van der Waals surface area contributed by atoms with Gasteiger partial charge in [-0.05, 0) is 33.4 Å². The van der Waals surface area contributed by atoms with Gasteiger partial charge in [0.05, 0.1) is 10.6 Å². The standard InChI is InChI=1S/C15H19N3O3/c1-10-13(6-5-7-15(10)18(19)20)8-17(4)9-14-11(2)16-21-12(14)3/h5-7H,8-9H2,1-4H3. The zero-order chi connectivity index (χ0) is 15.6. The number of nitro groups is 1. The third-order valence-corrected chi connectivity index (χ3v) is 3.66. The second-order valence-electron chi connectivity index (χ2n) is 5.29. The van der Waals surface area contributed by atoms with Crippen molar-refractivity contribution in [1.82, 2.24) is 10.1 Å². The van der Waals surface area contributed by atoms with Gasteiger partial charge in [-0.15, -0.1) is 0 Å². The van der Waals surface area contributed by atoms with E-state index in [9.17, 15) is 10.1 Å². The SMILES string of the molecule is Cc1noc(C)c1CN(C)Cc1cccc([N+](=O)[O-])c1C. The third-order valence-electron chi connectivity index (χ3n) is 3.66. The lowest BCUT2D eigenvalue weighted by Gasteiger charge is -2.17. The molecule has 2 aromatic rings. The molecule has 21 heavy (non-hydrogen) atoms. The van der Waals surface area contributed by atoms with Gasteiger partial charge in [0.1, 0.15) is 5.76 Å². The van der Waals surface area contributed by atoms with E-state index in [1.807, 2.05) is 27.0 Å². The molecule has 6 nitrogen and oxygen atoms in total. The molecule has 0 aliphatic rings. The van der Waals surface area contributed by atoms with Gasteiger partial charge < -0.3 is 4.52 Å². The van der Waals surface area contributed by atoms with Gasteiger partial charge in [0, 0.05) is 30.3 Å². The van der Waals surface area contributed by atoms with Gasteiger partial charge in [-0.25, -0.2) is 0 Å². The molecule has 0 amide bonds. The summed E-state index contributed by atoms with van der Waals surface area (Å²) >= 11 is 0.